The highest BCUT2D eigenvalue weighted by Gasteiger charge is 2.13. The highest BCUT2D eigenvalue weighted by molar-refractivity contribution is 6.30. The normalized spacial score (nSPS) is 12.4. The molecule has 5 heteroatoms. The van der Waals surface area contributed by atoms with Crippen molar-refractivity contribution in [3.8, 4) is 0 Å². The zero-order valence-corrected chi connectivity index (χ0v) is 11.2. The maximum atomic E-state index is 6.10. The van der Waals surface area contributed by atoms with Crippen molar-refractivity contribution in [1.82, 2.24) is 9.97 Å². The van der Waals surface area contributed by atoms with Gasteiger partial charge in [-0.25, -0.2) is 9.97 Å². The lowest BCUT2D eigenvalue weighted by atomic mass is 10.1. The predicted molar refractivity (Wildman–Crippen MR) is 71.8 cm³/mol. The number of hydrogen-bond acceptors (Lipinski definition) is 4. The minimum Gasteiger partial charge on any atom is -0.467 e. The van der Waals surface area contributed by atoms with Crippen molar-refractivity contribution in [3.05, 3.63) is 41.2 Å². The van der Waals surface area contributed by atoms with Gasteiger partial charge in [-0.2, -0.15) is 0 Å². The van der Waals surface area contributed by atoms with E-state index in [0.717, 1.165) is 30.0 Å². The monoisotopic (exact) mass is 265 g/mol. The number of furan rings is 1. The van der Waals surface area contributed by atoms with Crippen LogP contribution in [0.5, 0.6) is 0 Å². The van der Waals surface area contributed by atoms with E-state index in [0.29, 0.717) is 5.15 Å². The Labute approximate surface area is 111 Å². The van der Waals surface area contributed by atoms with Crippen LogP contribution >= 0.6 is 11.6 Å². The zero-order valence-electron chi connectivity index (χ0n) is 10.5. The maximum absolute atomic E-state index is 6.10. The van der Waals surface area contributed by atoms with Gasteiger partial charge < -0.3 is 9.73 Å². The first-order chi connectivity index (χ1) is 8.72. The smallest absolute Gasteiger partial charge is 0.137 e. The lowest BCUT2D eigenvalue weighted by molar-refractivity contribution is 0.490. The zero-order chi connectivity index (χ0) is 13.0. The number of hydrogen-bond donors (Lipinski definition) is 1. The minimum absolute atomic E-state index is 0.0431. The van der Waals surface area contributed by atoms with E-state index in [-0.39, 0.29) is 6.04 Å². The number of aromatic nitrogens is 2. The van der Waals surface area contributed by atoms with E-state index >= 15 is 0 Å². The molecular weight excluding hydrogens is 250 g/mol. The number of nitrogens with zero attached hydrogens (tertiary/aromatic N) is 2. The molecule has 2 heterocycles. The summed E-state index contributed by atoms with van der Waals surface area (Å²) in [4.78, 5) is 8.28. The van der Waals surface area contributed by atoms with Gasteiger partial charge in [0.25, 0.3) is 0 Å². The van der Waals surface area contributed by atoms with Gasteiger partial charge in [0.15, 0.2) is 0 Å². The molecule has 4 nitrogen and oxygen atoms in total. The fraction of sp³-hybridized carbons (Fsp3) is 0.385. The molecule has 0 aliphatic heterocycles. The number of halogens is 1. The number of nitrogens with one attached hydrogen (secondary N) is 1. The van der Waals surface area contributed by atoms with Crippen molar-refractivity contribution >= 4 is 17.4 Å². The van der Waals surface area contributed by atoms with E-state index in [4.69, 9.17) is 16.0 Å². The number of rotatable bonds is 5. The van der Waals surface area contributed by atoms with Crippen molar-refractivity contribution < 1.29 is 4.42 Å². The van der Waals surface area contributed by atoms with E-state index in [1.54, 1.807) is 6.26 Å². The molecule has 0 aromatic carbocycles. The average Bonchev–Trinajstić information content (AvgIpc) is 2.87. The van der Waals surface area contributed by atoms with Crippen molar-refractivity contribution in [1.29, 1.82) is 0 Å². The first kappa shape index (κ1) is 12.9. The van der Waals surface area contributed by atoms with Crippen LogP contribution < -0.4 is 5.32 Å². The molecule has 96 valence electrons. The van der Waals surface area contributed by atoms with Gasteiger partial charge in [0.1, 0.15) is 23.1 Å². The summed E-state index contributed by atoms with van der Waals surface area (Å²) in [7, 11) is 0. The molecule has 1 N–H and O–H groups in total. The lowest BCUT2D eigenvalue weighted by Crippen LogP contribution is -2.10. The van der Waals surface area contributed by atoms with Gasteiger partial charge >= 0.3 is 0 Å². The number of anilines is 1. The molecule has 0 fully saturated rings. The first-order valence-electron chi connectivity index (χ1n) is 6.01. The summed E-state index contributed by atoms with van der Waals surface area (Å²) >= 11 is 6.10. The second kappa shape index (κ2) is 5.87. The average molecular weight is 266 g/mol. The second-order valence-corrected chi connectivity index (χ2v) is 4.48. The molecule has 0 spiro atoms. The molecule has 0 saturated heterocycles. The van der Waals surface area contributed by atoms with Crippen LogP contribution in [0.2, 0.25) is 5.15 Å². The third kappa shape index (κ3) is 2.82. The van der Waals surface area contributed by atoms with Crippen LogP contribution in [0.3, 0.4) is 0 Å². The first-order valence-corrected chi connectivity index (χ1v) is 6.39. The molecule has 2 aromatic rings. The van der Waals surface area contributed by atoms with Crippen LogP contribution in [0.15, 0.2) is 29.1 Å². The predicted octanol–water partition coefficient (Wildman–Crippen LogP) is 3.85. The van der Waals surface area contributed by atoms with Gasteiger partial charge in [-0.1, -0.05) is 24.9 Å². The molecule has 18 heavy (non-hydrogen) atoms. The van der Waals surface area contributed by atoms with Crippen LogP contribution in [-0.2, 0) is 6.42 Å². The van der Waals surface area contributed by atoms with Crippen LogP contribution in [0.4, 0.5) is 5.82 Å². The highest BCUT2D eigenvalue weighted by atomic mass is 35.5. The molecule has 2 aromatic heterocycles. The third-order valence-electron chi connectivity index (χ3n) is 2.72. The summed E-state index contributed by atoms with van der Waals surface area (Å²) in [6.45, 7) is 4.12. The van der Waals surface area contributed by atoms with Crippen LogP contribution in [0.1, 0.15) is 37.6 Å². The summed E-state index contributed by atoms with van der Waals surface area (Å²) in [5.41, 5.74) is 0.958. The Kier molecular flexibility index (Phi) is 4.20. The standard InChI is InChI=1S/C13H16ClN3O/c1-3-5-10-12(14)15-8-16-13(10)17-9(2)11-6-4-7-18-11/h4,6-9H,3,5H2,1-2H3,(H,15,16,17). The van der Waals surface area contributed by atoms with E-state index in [1.807, 2.05) is 19.1 Å². The van der Waals surface area contributed by atoms with Gasteiger partial charge in [-0.05, 0) is 25.5 Å². The summed E-state index contributed by atoms with van der Waals surface area (Å²) in [6.07, 6.45) is 4.98. The van der Waals surface area contributed by atoms with E-state index in [2.05, 4.69) is 22.2 Å². The van der Waals surface area contributed by atoms with E-state index in [1.165, 1.54) is 6.33 Å². The van der Waals surface area contributed by atoms with Crippen molar-refractivity contribution in [2.45, 2.75) is 32.7 Å². The van der Waals surface area contributed by atoms with Gasteiger partial charge in [0.05, 0.1) is 12.3 Å². The van der Waals surface area contributed by atoms with Gasteiger partial charge in [0.2, 0.25) is 0 Å². The van der Waals surface area contributed by atoms with Gasteiger partial charge in [-0.15, -0.1) is 0 Å². The Hall–Kier alpha value is -1.55. The molecule has 0 aliphatic rings. The molecule has 0 saturated carbocycles. The Bertz CT molecular complexity index is 499. The third-order valence-corrected chi connectivity index (χ3v) is 3.04. The molecular formula is C13H16ClN3O. The van der Waals surface area contributed by atoms with Crippen LogP contribution in [0, 0.1) is 0 Å². The van der Waals surface area contributed by atoms with E-state index in [9.17, 15) is 0 Å². The molecule has 0 amide bonds. The van der Waals surface area contributed by atoms with Crippen molar-refractivity contribution in [2.75, 3.05) is 5.32 Å². The second-order valence-electron chi connectivity index (χ2n) is 4.12. The summed E-state index contributed by atoms with van der Waals surface area (Å²) in [6, 6.07) is 3.84. The van der Waals surface area contributed by atoms with Crippen molar-refractivity contribution in [3.63, 3.8) is 0 Å². The summed E-state index contributed by atoms with van der Waals surface area (Å²) in [5, 5.41) is 3.82. The Morgan fingerprint density at radius 1 is 1.44 bits per heavy atom. The molecule has 2 rings (SSSR count). The molecule has 0 aliphatic carbocycles. The maximum Gasteiger partial charge on any atom is 0.137 e. The van der Waals surface area contributed by atoms with Crippen molar-refractivity contribution in [2.24, 2.45) is 0 Å². The van der Waals surface area contributed by atoms with Crippen LogP contribution in [-0.4, -0.2) is 9.97 Å². The Morgan fingerprint density at radius 2 is 2.28 bits per heavy atom. The fourth-order valence-electron chi connectivity index (χ4n) is 1.80. The van der Waals surface area contributed by atoms with Crippen LogP contribution in [0.25, 0.3) is 0 Å². The molecule has 0 bridgehead atoms. The van der Waals surface area contributed by atoms with Gasteiger partial charge in [0, 0.05) is 5.56 Å². The topological polar surface area (TPSA) is 51.0 Å². The molecule has 0 radical (unpaired) electrons. The minimum atomic E-state index is 0.0431. The van der Waals surface area contributed by atoms with E-state index < -0.39 is 0 Å². The summed E-state index contributed by atoms with van der Waals surface area (Å²) in [5.74, 6) is 1.65. The molecule has 1 unspecified atom stereocenters. The Balaban J connectivity index is 2.20. The molecule has 1 atom stereocenters. The lowest BCUT2D eigenvalue weighted by Gasteiger charge is -2.15. The quantitative estimate of drug-likeness (QED) is 0.835. The fourth-order valence-corrected chi connectivity index (χ4v) is 2.03. The highest BCUT2D eigenvalue weighted by Crippen LogP contribution is 2.25. The Morgan fingerprint density at radius 3 is 2.94 bits per heavy atom. The largest absolute Gasteiger partial charge is 0.467 e. The SMILES string of the molecule is CCCc1c(Cl)ncnc1NC(C)c1ccco1. The summed E-state index contributed by atoms with van der Waals surface area (Å²) < 4.78 is 5.36. The van der Waals surface area contributed by atoms with Gasteiger partial charge in [-0.3, -0.25) is 0 Å².